The zero-order valence-electron chi connectivity index (χ0n) is 16.3. The van der Waals surface area contributed by atoms with Crippen molar-refractivity contribution >= 4 is 11.8 Å². The van der Waals surface area contributed by atoms with E-state index in [9.17, 15) is 14.4 Å². The van der Waals surface area contributed by atoms with Gasteiger partial charge in [0.2, 0.25) is 11.8 Å². The monoisotopic (exact) mass is 383 g/mol. The Morgan fingerprint density at radius 1 is 1.25 bits per heavy atom. The van der Waals surface area contributed by atoms with Crippen LogP contribution >= 0.6 is 0 Å². The van der Waals surface area contributed by atoms with Gasteiger partial charge in [-0.25, -0.2) is 9.48 Å². The van der Waals surface area contributed by atoms with Crippen LogP contribution in [0.25, 0.3) is 0 Å². The number of hydrogen-bond acceptors (Lipinski definition) is 4. The van der Waals surface area contributed by atoms with Gasteiger partial charge in [-0.3, -0.25) is 14.2 Å². The minimum Gasteiger partial charge on any atom is -0.353 e. The summed E-state index contributed by atoms with van der Waals surface area (Å²) in [6.07, 6.45) is 1.40. The van der Waals surface area contributed by atoms with Crippen LogP contribution in [0.4, 0.5) is 0 Å². The molecule has 2 aliphatic rings. The van der Waals surface area contributed by atoms with E-state index in [1.165, 1.54) is 4.68 Å². The number of benzene rings is 1. The quantitative estimate of drug-likeness (QED) is 0.838. The van der Waals surface area contributed by atoms with Gasteiger partial charge in [0.15, 0.2) is 0 Å². The summed E-state index contributed by atoms with van der Waals surface area (Å²) < 4.78 is 3.09. The van der Waals surface area contributed by atoms with Crippen molar-refractivity contribution in [3.05, 3.63) is 51.2 Å². The molecule has 2 amide bonds. The number of carbonyl (C=O) groups is 2. The first-order valence-electron chi connectivity index (χ1n) is 9.73. The van der Waals surface area contributed by atoms with E-state index in [0.717, 1.165) is 23.1 Å². The molecule has 1 fully saturated rings. The van der Waals surface area contributed by atoms with Gasteiger partial charge in [0.25, 0.3) is 0 Å². The number of piperazine rings is 1. The molecule has 8 heteroatoms. The van der Waals surface area contributed by atoms with Crippen LogP contribution in [0, 0.1) is 13.8 Å². The van der Waals surface area contributed by atoms with Crippen molar-refractivity contribution in [1.29, 1.82) is 0 Å². The molecule has 1 aromatic heterocycles. The second-order valence-electron chi connectivity index (χ2n) is 7.68. The molecule has 0 spiro atoms. The van der Waals surface area contributed by atoms with Gasteiger partial charge < -0.3 is 10.2 Å². The van der Waals surface area contributed by atoms with Crippen molar-refractivity contribution in [1.82, 2.24) is 24.6 Å². The van der Waals surface area contributed by atoms with Gasteiger partial charge in [0.05, 0.1) is 19.0 Å². The third-order valence-corrected chi connectivity index (χ3v) is 5.61. The fourth-order valence-corrected chi connectivity index (χ4v) is 4.02. The average molecular weight is 383 g/mol. The van der Waals surface area contributed by atoms with E-state index in [1.807, 2.05) is 26.0 Å². The topological polar surface area (TPSA) is 89.2 Å². The molecule has 1 unspecified atom stereocenters. The molecular weight excluding hydrogens is 358 g/mol. The third-order valence-electron chi connectivity index (χ3n) is 5.61. The van der Waals surface area contributed by atoms with Gasteiger partial charge in [-0.15, -0.1) is 0 Å². The van der Waals surface area contributed by atoms with E-state index in [1.54, 1.807) is 9.47 Å². The van der Waals surface area contributed by atoms with Crippen LogP contribution in [0.5, 0.6) is 0 Å². The zero-order valence-corrected chi connectivity index (χ0v) is 16.3. The lowest BCUT2D eigenvalue weighted by Gasteiger charge is -2.31. The molecule has 148 valence electrons. The number of hydrogen-bond donors (Lipinski definition) is 1. The van der Waals surface area contributed by atoms with E-state index in [-0.39, 0.29) is 24.0 Å². The molecule has 1 N–H and O–H groups in total. The molecule has 1 atom stereocenters. The van der Waals surface area contributed by atoms with Crippen LogP contribution < -0.4 is 11.0 Å². The first kappa shape index (κ1) is 18.5. The van der Waals surface area contributed by atoms with Gasteiger partial charge in [0.1, 0.15) is 5.82 Å². The van der Waals surface area contributed by atoms with E-state index < -0.39 is 5.92 Å². The molecule has 4 rings (SSSR count). The van der Waals surface area contributed by atoms with Crippen LogP contribution in [0.3, 0.4) is 0 Å². The summed E-state index contributed by atoms with van der Waals surface area (Å²) in [5, 5.41) is 7.28. The maximum atomic E-state index is 13.0. The summed E-state index contributed by atoms with van der Waals surface area (Å²) in [7, 11) is 0. The van der Waals surface area contributed by atoms with Gasteiger partial charge >= 0.3 is 5.69 Å². The Morgan fingerprint density at radius 2 is 2.07 bits per heavy atom. The molecule has 0 saturated carbocycles. The predicted molar refractivity (Wildman–Crippen MR) is 103 cm³/mol. The largest absolute Gasteiger partial charge is 0.353 e. The number of nitrogens with zero attached hydrogens (tertiary/aromatic N) is 4. The fourth-order valence-electron chi connectivity index (χ4n) is 4.02. The number of aryl methyl sites for hydroxylation is 2. The van der Waals surface area contributed by atoms with Crippen molar-refractivity contribution in [3.8, 4) is 0 Å². The highest BCUT2D eigenvalue weighted by atomic mass is 16.2. The number of fused-ring (bicyclic) bond motifs is 1. The Balaban J connectivity index is 1.64. The van der Waals surface area contributed by atoms with Gasteiger partial charge in [-0.2, -0.15) is 5.10 Å². The second kappa shape index (κ2) is 7.26. The number of carbonyl (C=O) groups excluding carboxylic acids is 2. The Hall–Kier alpha value is -2.90. The standard InChI is InChI=1S/C20H25N5O3/c1-13-5-6-14(2)15(10-13)11-25-20(28)24-8-3-4-16(18(24)22-25)19(27)23-9-7-21-17(26)12-23/h5-6,10,16H,3-4,7-9,11-12H2,1-2H3,(H,21,26). The van der Waals surface area contributed by atoms with Crippen LogP contribution in [0.15, 0.2) is 23.0 Å². The lowest BCUT2D eigenvalue weighted by atomic mass is 9.97. The maximum Gasteiger partial charge on any atom is 0.346 e. The van der Waals surface area contributed by atoms with Crippen molar-refractivity contribution in [3.63, 3.8) is 0 Å². The number of nitrogens with one attached hydrogen (secondary N) is 1. The molecule has 0 aliphatic carbocycles. The van der Waals surface area contributed by atoms with Crippen LogP contribution in [0.2, 0.25) is 0 Å². The van der Waals surface area contributed by atoms with E-state index in [2.05, 4.69) is 16.5 Å². The fraction of sp³-hybridized carbons (Fsp3) is 0.500. The summed E-state index contributed by atoms with van der Waals surface area (Å²) in [4.78, 5) is 39.1. The third kappa shape index (κ3) is 3.34. The Labute approximate surface area is 163 Å². The Morgan fingerprint density at radius 3 is 2.86 bits per heavy atom. The van der Waals surface area contributed by atoms with Crippen molar-refractivity contribution in [2.45, 2.75) is 45.7 Å². The maximum absolute atomic E-state index is 13.0. The predicted octanol–water partition coefficient (Wildman–Crippen LogP) is 0.546. The molecule has 0 radical (unpaired) electrons. The molecule has 2 aliphatic heterocycles. The molecule has 28 heavy (non-hydrogen) atoms. The summed E-state index contributed by atoms with van der Waals surface area (Å²) >= 11 is 0. The number of rotatable bonds is 3. The second-order valence-corrected chi connectivity index (χ2v) is 7.68. The van der Waals surface area contributed by atoms with Gasteiger partial charge in [0, 0.05) is 19.6 Å². The van der Waals surface area contributed by atoms with Crippen molar-refractivity contribution < 1.29 is 9.59 Å². The molecule has 8 nitrogen and oxygen atoms in total. The first-order valence-corrected chi connectivity index (χ1v) is 9.73. The van der Waals surface area contributed by atoms with Gasteiger partial charge in [-0.1, -0.05) is 23.8 Å². The van der Waals surface area contributed by atoms with Crippen LogP contribution in [-0.2, 0) is 22.7 Å². The molecule has 1 saturated heterocycles. The highest BCUT2D eigenvalue weighted by molar-refractivity contribution is 5.89. The van der Waals surface area contributed by atoms with Crippen LogP contribution in [-0.4, -0.2) is 50.7 Å². The SMILES string of the molecule is Cc1ccc(C)c(Cn2nc3n(c2=O)CCCC3C(=O)N2CCNC(=O)C2)c1. The van der Waals surface area contributed by atoms with E-state index in [4.69, 9.17) is 0 Å². The summed E-state index contributed by atoms with van der Waals surface area (Å²) in [5.74, 6) is -0.197. The lowest BCUT2D eigenvalue weighted by Crippen LogP contribution is -2.51. The van der Waals surface area contributed by atoms with Crippen molar-refractivity contribution in [2.24, 2.45) is 0 Å². The van der Waals surface area contributed by atoms with Crippen molar-refractivity contribution in [2.75, 3.05) is 19.6 Å². The molecule has 1 aromatic carbocycles. The summed E-state index contributed by atoms with van der Waals surface area (Å²) in [6.45, 7) is 6.03. The number of amides is 2. The highest BCUT2D eigenvalue weighted by Crippen LogP contribution is 2.27. The summed E-state index contributed by atoms with van der Waals surface area (Å²) in [5.41, 5.74) is 3.11. The van der Waals surface area contributed by atoms with E-state index >= 15 is 0 Å². The first-order chi connectivity index (χ1) is 13.4. The zero-order chi connectivity index (χ0) is 19.8. The number of aromatic nitrogens is 3. The minimum atomic E-state index is -0.466. The Bertz CT molecular complexity index is 990. The molecular formula is C20H25N5O3. The average Bonchev–Trinajstić information content (AvgIpc) is 3.00. The normalized spacial score (nSPS) is 19.3. The van der Waals surface area contributed by atoms with Gasteiger partial charge in [-0.05, 0) is 37.8 Å². The Kier molecular flexibility index (Phi) is 4.78. The molecule has 2 aromatic rings. The molecule has 0 bridgehead atoms. The lowest BCUT2D eigenvalue weighted by molar-refractivity contribution is -0.139. The van der Waals surface area contributed by atoms with Crippen LogP contribution in [0.1, 0.15) is 41.3 Å². The highest BCUT2D eigenvalue weighted by Gasteiger charge is 2.35. The minimum absolute atomic E-state index is 0.0722. The summed E-state index contributed by atoms with van der Waals surface area (Å²) in [6, 6.07) is 6.15. The molecule has 3 heterocycles. The van der Waals surface area contributed by atoms with E-state index in [0.29, 0.717) is 38.4 Å². The smallest absolute Gasteiger partial charge is 0.346 e.